The van der Waals surface area contributed by atoms with Crippen LogP contribution >= 0.6 is 0 Å². The number of piperidine rings is 1. The quantitative estimate of drug-likeness (QED) is 0.532. The predicted octanol–water partition coefficient (Wildman–Crippen LogP) is 2.55. The number of nitrogens with one attached hydrogen (secondary N) is 1. The van der Waals surface area contributed by atoms with E-state index in [1.54, 1.807) is 46.1 Å². The standard InChI is InChI=1S/C23H34N2O8/c1-23(2,3)33-22(29)25-10-9-16(21(27)28)17(14-25)24-20(26)15-7-8-18(31-5)19(13-15)32-12-6-11-30-4/h7-8,13,16-17H,6,9-12,14H2,1-5H3,(H,24,26)(H,27,28). The zero-order valence-corrected chi connectivity index (χ0v) is 19.9. The Kier molecular flexibility index (Phi) is 9.33. The van der Waals surface area contributed by atoms with Gasteiger partial charge < -0.3 is 34.3 Å². The number of aliphatic carboxylic acids is 1. The molecular formula is C23H34N2O8. The highest BCUT2D eigenvalue weighted by molar-refractivity contribution is 5.95. The van der Waals surface area contributed by atoms with Crippen molar-refractivity contribution in [1.82, 2.24) is 10.2 Å². The molecule has 1 aliphatic heterocycles. The number of amides is 2. The highest BCUT2D eigenvalue weighted by Crippen LogP contribution is 2.29. The topological polar surface area (TPSA) is 124 Å². The number of carbonyl (C=O) groups is 3. The van der Waals surface area contributed by atoms with Gasteiger partial charge in [-0.25, -0.2) is 4.79 Å². The van der Waals surface area contributed by atoms with Gasteiger partial charge in [-0.1, -0.05) is 0 Å². The Morgan fingerprint density at radius 3 is 2.48 bits per heavy atom. The molecule has 1 aromatic rings. The molecule has 0 spiro atoms. The molecule has 0 aromatic heterocycles. The van der Waals surface area contributed by atoms with Crippen LogP contribution in [0.25, 0.3) is 0 Å². The first-order chi connectivity index (χ1) is 15.6. The molecule has 0 bridgehead atoms. The van der Waals surface area contributed by atoms with E-state index in [1.165, 1.54) is 12.0 Å². The minimum Gasteiger partial charge on any atom is -0.493 e. The molecule has 33 heavy (non-hydrogen) atoms. The van der Waals surface area contributed by atoms with Crippen molar-refractivity contribution in [1.29, 1.82) is 0 Å². The molecule has 1 heterocycles. The third-order valence-corrected chi connectivity index (χ3v) is 5.07. The van der Waals surface area contributed by atoms with Crippen molar-refractivity contribution in [3.05, 3.63) is 23.8 Å². The fraction of sp³-hybridized carbons (Fsp3) is 0.609. The molecule has 10 heteroatoms. The number of nitrogens with zero attached hydrogens (tertiary/aromatic N) is 1. The van der Waals surface area contributed by atoms with Crippen LogP contribution in [0.15, 0.2) is 18.2 Å². The normalized spacial score (nSPS) is 18.4. The van der Waals surface area contributed by atoms with Crippen LogP contribution in [0.3, 0.4) is 0 Å². The number of hydrogen-bond donors (Lipinski definition) is 2. The van der Waals surface area contributed by atoms with Crippen LogP contribution in [0.1, 0.15) is 44.0 Å². The summed E-state index contributed by atoms with van der Waals surface area (Å²) in [6, 6.07) is 3.96. The molecule has 2 amide bonds. The molecule has 1 aliphatic rings. The van der Waals surface area contributed by atoms with Crippen LogP contribution in [0.4, 0.5) is 4.79 Å². The van der Waals surface area contributed by atoms with Crippen LogP contribution in [-0.4, -0.2) is 80.1 Å². The Balaban J connectivity index is 2.14. The second-order valence-electron chi connectivity index (χ2n) is 8.80. The molecule has 10 nitrogen and oxygen atoms in total. The van der Waals surface area contributed by atoms with E-state index >= 15 is 0 Å². The van der Waals surface area contributed by atoms with Gasteiger partial charge in [0.1, 0.15) is 5.60 Å². The largest absolute Gasteiger partial charge is 0.493 e. The number of methoxy groups -OCH3 is 2. The van der Waals surface area contributed by atoms with E-state index in [0.717, 1.165) is 0 Å². The number of rotatable bonds is 9. The van der Waals surface area contributed by atoms with Gasteiger partial charge in [0.2, 0.25) is 0 Å². The summed E-state index contributed by atoms with van der Waals surface area (Å²) in [5.41, 5.74) is -0.390. The van der Waals surface area contributed by atoms with Crippen LogP contribution in [0.5, 0.6) is 11.5 Å². The molecule has 184 valence electrons. The summed E-state index contributed by atoms with van der Waals surface area (Å²) < 4.78 is 21.4. The fourth-order valence-corrected chi connectivity index (χ4v) is 3.45. The van der Waals surface area contributed by atoms with Crippen LogP contribution in [-0.2, 0) is 14.3 Å². The monoisotopic (exact) mass is 466 g/mol. The molecule has 0 saturated carbocycles. The third-order valence-electron chi connectivity index (χ3n) is 5.07. The van der Waals surface area contributed by atoms with E-state index in [4.69, 9.17) is 18.9 Å². The average Bonchev–Trinajstić information content (AvgIpc) is 2.75. The lowest BCUT2D eigenvalue weighted by molar-refractivity contribution is -0.144. The van der Waals surface area contributed by atoms with Crippen molar-refractivity contribution in [2.24, 2.45) is 5.92 Å². The van der Waals surface area contributed by atoms with Gasteiger partial charge in [0.15, 0.2) is 11.5 Å². The smallest absolute Gasteiger partial charge is 0.410 e. The van der Waals surface area contributed by atoms with Crippen molar-refractivity contribution < 1.29 is 38.4 Å². The molecule has 2 rings (SSSR count). The molecule has 2 unspecified atom stereocenters. The van der Waals surface area contributed by atoms with Gasteiger partial charge >= 0.3 is 12.1 Å². The van der Waals surface area contributed by atoms with Crippen molar-refractivity contribution >= 4 is 18.0 Å². The lowest BCUT2D eigenvalue weighted by Gasteiger charge is -2.37. The van der Waals surface area contributed by atoms with Gasteiger partial charge in [-0.15, -0.1) is 0 Å². The fourth-order valence-electron chi connectivity index (χ4n) is 3.45. The van der Waals surface area contributed by atoms with Crippen molar-refractivity contribution in [2.75, 3.05) is 40.5 Å². The van der Waals surface area contributed by atoms with E-state index in [9.17, 15) is 19.5 Å². The number of hydrogen-bond acceptors (Lipinski definition) is 7. The van der Waals surface area contributed by atoms with Crippen LogP contribution < -0.4 is 14.8 Å². The first-order valence-electron chi connectivity index (χ1n) is 10.9. The Morgan fingerprint density at radius 2 is 1.88 bits per heavy atom. The maximum absolute atomic E-state index is 13.0. The van der Waals surface area contributed by atoms with E-state index in [-0.39, 0.29) is 25.1 Å². The lowest BCUT2D eigenvalue weighted by Crippen LogP contribution is -2.56. The molecule has 1 fully saturated rings. The summed E-state index contributed by atoms with van der Waals surface area (Å²) >= 11 is 0. The second-order valence-corrected chi connectivity index (χ2v) is 8.80. The van der Waals surface area contributed by atoms with Gasteiger partial charge in [0, 0.05) is 38.8 Å². The minimum atomic E-state index is -1.03. The van der Waals surface area contributed by atoms with Crippen molar-refractivity contribution in [3.8, 4) is 11.5 Å². The van der Waals surface area contributed by atoms with Gasteiger partial charge in [-0.2, -0.15) is 0 Å². The molecule has 0 radical (unpaired) electrons. The van der Waals surface area contributed by atoms with Crippen LogP contribution in [0.2, 0.25) is 0 Å². The lowest BCUT2D eigenvalue weighted by atomic mass is 9.91. The number of likely N-dealkylation sites (tertiary alicyclic amines) is 1. The summed E-state index contributed by atoms with van der Waals surface area (Å²) in [7, 11) is 3.10. The highest BCUT2D eigenvalue weighted by Gasteiger charge is 2.38. The maximum Gasteiger partial charge on any atom is 0.410 e. The number of benzene rings is 1. The molecule has 1 aromatic carbocycles. The molecule has 2 N–H and O–H groups in total. The van der Waals surface area contributed by atoms with E-state index in [2.05, 4.69) is 5.32 Å². The van der Waals surface area contributed by atoms with E-state index in [0.29, 0.717) is 31.1 Å². The summed E-state index contributed by atoms with van der Waals surface area (Å²) in [6.45, 7) is 6.46. The SMILES string of the molecule is COCCCOc1cc(C(=O)NC2CN(C(=O)OC(C)(C)C)CCC2C(=O)O)ccc1OC. The van der Waals surface area contributed by atoms with Crippen molar-refractivity contribution in [2.45, 2.75) is 45.3 Å². The molecule has 0 aliphatic carbocycles. The zero-order chi connectivity index (χ0) is 24.6. The summed E-state index contributed by atoms with van der Waals surface area (Å²) in [6.07, 6.45) is 0.330. The third kappa shape index (κ3) is 7.81. The Bertz CT molecular complexity index is 836. The second kappa shape index (κ2) is 11.7. The van der Waals surface area contributed by atoms with E-state index in [1.807, 2.05) is 0 Å². The summed E-state index contributed by atoms with van der Waals surface area (Å²) in [4.78, 5) is 38.6. The van der Waals surface area contributed by atoms with Gasteiger partial charge in [0.05, 0.1) is 25.7 Å². The molecule has 2 atom stereocenters. The number of ether oxygens (including phenoxy) is 4. The summed E-state index contributed by atoms with van der Waals surface area (Å²) in [5, 5.41) is 12.4. The Labute approximate surface area is 194 Å². The predicted molar refractivity (Wildman–Crippen MR) is 120 cm³/mol. The van der Waals surface area contributed by atoms with Gasteiger partial charge in [0.25, 0.3) is 5.91 Å². The maximum atomic E-state index is 13.0. The molecular weight excluding hydrogens is 432 g/mol. The summed E-state index contributed by atoms with van der Waals surface area (Å²) in [5.74, 6) is -1.45. The number of carboxylic acid groups (broad SMARTS) is 1. The zero-order valence-electron chi connectivity index (χ0n) is 19.9. The van der Waals surface area contributed by atoms with Gasteiger partial charge in [-0.3, -0.25) is 9.59 Å². The Morgan fingerprint density at radius 1 is 1.15 bits per heavy atom. The minimum absolute atomic E-state index is 0.0359. The van der Waals surface area contributed by atoms with Gasteiger partial charge in [-0.05, 0) is 45.4 Å². The first kappa shape index (κ1) is 26.2. The average molecular weight is 467 g/mol. The van der Waals surface area contributed by atoms with Crippen LogP contribution in [0, 0.1) is 5.92 Å². The number of carboxylic acids is 1. The van der Waals surface area contributed by atoms with E-state index < -0.39 is 35.5 Å². The highest BCUT2D eigenvalue weighted by atomic mass is 16.6. The number of carbonyl (C=O) groups excluding carboxylic acids is 2. The molecule has 1 saturated heterocycles. The first-order valence-corrected chi connectivity index (χ1v) is 10.9. The Hall–Kier alpha value is -3.01. The van der Waals surface area contributed by atoms with Crippen molar-refractivity contribution in [3.63, 3.8) is 0 Å².